The number of hydrogen-bond donors (Lipinski definition) is 0. The zero-order chi connectivity index (χ0) is 22.6. The van der Waals surface area contributed by atoms with E-state index in [9.17, 15) is 9.59 Å². The van der Waals surface area contributed by atoms with E-state index in [1.54, 1.807) is 18.4 Å². The lowest BCUT2D eigenvalue weighted by Crippen LogP contribution is -2.24. The van der Waals surface area contributed by atoms with Crippen LogP contribution in [0.3, 0.4) is 0 Å². The first kappa shape index (κ1) is 21.1. The van der Waals surface area contributed by atoms with Crippen LogP contribution in [-0.4, -0.2) is 43.0 Å². The van der Waals surface area contributed by atoms with E-state index >= 15 is 0 Å². The number of hydrogen-bond acceptors (Lipinski definition) is 4. The highest BCUT2D eigenvalue weighted by Gasteiger charge is 2.38. The molecule has 5 nitrogen and oxygen atoms in total. The van der Waals surface area contributed by atoms with Crippen molar-refractivity contribution in [3.8, 4) is 11.1 Å². The SMILES string of the molecule is CN1C(=O)c2c(-c3ccsc3)cc3c(c2C1=O)c1ccccc1n3COCC[Si](C)(C)C. The van der Waals surface area contributed by atoms with Gasteiger partial charge in [-0.15, -0.1) is 0 Å². The second kappa shape index (κ2) is 7.69. The fraction of sp³-hybridized carbons (Fsp3) is 0.280. The van der Waals surface area contributed by atoms with Gasteiger partial charge in [-0.3, -0.25) is 14.5 Å². The number of imide groups is 1. The molecule has 7 heteroatoms. The zero-order valence-corrected chi connectivity index (χ0v) is 20.6. The first-order chi connectivity index (χ1) is 15.3. The number of aromatic nitrogens is 1. The second-order valence-corrected chi connectivity index (χ2v) is 15.9. The molecule has 0 saturated carbocycles. The van der Waals surface area contributed by atoms with E-state index in [4.69, 9.17) is 4.74 Å². The van der Waals surface area contributed by atoms with Crippen molar-refractivity contribution in [3.63, 3.8) is 0 Å². The van der Waals surface area contributed by atoms with Crippen LogP contribution in [-0.2, 0) is 11.5 Å². The summed E-state index contributed by atoms with van der Waals surface area (Å²) in [6, 6.07) is 13.2. The van der Waals surface area contributed by atoms with Crippen molar-refractivity contribution in [3.05, 3.63) is 58.3 Å². The monoisotopic (exact) mass is 462 g/mol. The number of rotatable bonds is 6. The Morgan fingerprint density at radius 3 is 2.47 bits per heavy atom. The molecule has 1 aliphatic rings. The Hall–Kier alpha value is -2.74. The fourth-order valence-electron chi connectivity index (χ4n) is 4.39. The quantitative estimate of drug-likeness (QED) is 0.199. The molecule has 0 saturated heterocycles. The Balaban J connectivity index is 1.75. The van der Waals surface area contributed by atoms with E-state index in [1.165, 1.54) is 4.90 Å². The molecule has 0 atom stereocenters. The maximum Gasteiger partial charge on any atom is 0.262 e. The second-order valence-electron chi connectivity index (χ2n) is 9.54. The Morgan fingerprint density at radius 2 is 1.75 bits per heavy atom. The van der Waals surface area contributed by atoms with Gasteiger partial charge in [0.15, 0.2) is 0 Å². The molecule has 0 bridgehead atoms. The van der Waals surface area contributed by atoms with E-state index < -0.39 is 8.07 Å². The number of nitrogens with zero attached hydrogens (tertiary/aromatic N) is 2. The smallest absolute Gasteiger partial charge is 0.262 e. The number of fused-ring (bicyclic) bond motifs is 5. The number of amides is 2. The summed E-state index contributed by atoms with van der Waals surface area (Å²) < 4.78 is 8.27. The molecule has 0 spiro atoms. The molecule has 4 aromatic rings. The van der Waals surface area contributed by atoms with Gasteiger partial charge in [0, 0.05) is 32.5 Å². The molecule has 1 aliphatic heterocycles. The molecule has 164 valence electrons. The van der Waals surface area contributed by atoms with Crippen molar-refractivity contribution in [2.45, 2.75) is 32.4 Å². The fourth-order valence-corrected chi connectivity index (χ4v) is 5.80. The van der Waals surface area contributed by atoms with Gasteiger partial charge in [0.1, 0.15) is 6.73 Å². The predicted octanol–water partition coefficient (Wildman–Crippen LogP) is 6.06. The van der Waals surface area contributed by atoms with Crippen molar-refractivity contribution < 1.29 is 14.3 Å². The summed E-state index contributed by atoms with van der Waals surface area (Å²) in [5, 5.41) is 5.83. The first-order valence-corrected chi connectivity index (χ1v) is 15.4. The molecule has 0 fully saturated rings. The minimum absolute atomic E-state index is 0.240. The Morgan fingerprint density at radius 1 is 1.00 bits per heavy atom. The van der Waals surface area contributed by atoms with Crippen LogP contribution < -0.4 is 0 Å². The van der Waals surface area contributed by atoms with Crippen LogP contribution in [0, 0.1) is 0 Å². The summed E-state index contributed by atoms with van der Waals surface area (Å²) in [6.45, 7) is 8.14. The van der Waals surface area contributed by atoms with E-state index in [0.717, 1.165) is 39.0 Å². The van der Waals surface area contributed by atoms with Crippen molar-refractivity contribution in [1.29, 1.82) is 0 Å². The van der Waals surface area contributed by atoms with Crippen LogP contribution in [0.2, 0.25) is 25.7 Å². The molecule has 2 aromatic heterocycles. The van der Waals surface area contributed by atoms with Crippen LogP contribution in [0.1, 0.15) is 20.7 Å². The number of para-hydroxylation sites is 1. The summed E-state index contributed by atoms with van der Waals surface area (Å²) in [5.74, 6) is -0.481. The minimum Gasteiger partial charge on any atom is -0.361 e. The molecule has 3 heterocycles. The molecule has 2 amide bonds. The van der Waals surface area contributed by atoms with Crippen LogP contribution in [0.25, 0.3) is 32.9 Å². The normalized spacial score (nSPS) is 14.2. The van der Waals surface area contributed by atoms with Gasteiger partial charge in [0.25, 0.3) is 11.8 Å². The lowest BCUT2D eigenvalue weighted by atomic mass is 9.94. The number of ether oxygens (including phenoxy) is 1. The van der Waals surface area contributed by atoms with E-state index in [2.05, 4.69) is 36.3 Å². The van der Waals surface area contributed by atoms with Gasteiger partial charge in [0.05, 0.1) is 22.2 Å². The first-order valence-electron chi connectivity index (χ1n) is 10.8. The maximum absolute atomic E-state index is 13.2. The maximum atomic E-state index is 13.2. The highest BCUT2D eigenvalue weighted by molar-refractivity contribution is 7.08. The summed E-state index contributed by atoms with van der Waals surface area (Å²) >= 11 is 1.58. The predicted molar refractivity (Wildman–Crippen MR) is 133 cm³/mol. The van der Waals surface area contributed by atoms with E-state index in [1.807, 2.05) is 35.0 Å². The molecule has 2 aromatic carbocycles. The Kier molecular flexibility index (Phi) is 5.07. The average Bonchev–Trinajstić information content (AvgIpc) is 3.44. The van der Waals surface area contributed by atoms with Gasteiger partial charge in [-0.1, -0.05) is 37.8 Å². The van der Waals surface area contributed by atoms with E-state index in [0.29, 0.717) is 24.5 Å². The molecular weight excluding hydrogens is 436 g/mol. The molecular formula is C25H26N2O3SSi. The van der Waals surface area contributed by atoms with Crippen LogP contribution >= 0.6 is 11.3 Å². The van der Waals surface area contributed by atoms with Gasteiger partial charge in [-0.25, -0.2) is 0 Å². The van der Waals surface area contributed by atoms with Gasteiger partial charge >= 0.3 is 0 Å². The summed E-state index contributed by atoms with van der Waals surface area (Å²) in [5.41, 5.74) is 4.72. The Bertz CT molecular complexity index is 1370. The lowest BCUT2D eigenvalue weighted by molar-refractivity contribution is 0.0694. The van der Waals surface area contributed by atoms with Crippen LogP contribution in [0.15, 0.2) is 47.2 Å². The molecule has 0 unspecified atom stereocenters. The van der Waals surface area contributed by atoms with Gasteiger partial charge in [-0.05, 0) is 46.1 Å². The molecule has 0 radical (unpaired) electrons. The third-order valence-electron chi connectivity index (χ3n) is 6.15. The van der Waals surface area contributed by atoms with E-state index in [-0.39, 0.29) is 11.8 Å². The molecule has 0 N–H and O–H groups in total. The lowest BCUT2D eigenvalue weighted by Gasteiger charge is -2.16. The standard InChI is InChI=1S/C25H26N2O3SSi/c1-26-24(28)22-18(16-9-11-31-14-16)13-20-21(23(22)25(26)29)17-7-5-6-8-19(17)27(20)15-30-10-12-32(2,3)4/h5-9,11,13-14H,10,12,15H2,1-4H3. The molecule has 0 aliphatic carbocycles. The largest absolute Gasteiger partial charge is 0.361 e. The van der Waals surface area contributed by atoms with Gasteiger partial charge in [-0.2, -0.15) is 11.3 Å². The third kappa shape index (κ3) is 3.32. The van der Waals surface area contributed by atoms with Crippen molar-refractivity contribution >= 4 is 53.0 Å². The Labute approximate surface area is 192 Å². The van der Waals surface area contributed by atoms with Crippen molar-refractivity contribution in [1.82, 2.24) is 9.47 Å². The van der Waals surface area contributed by atoms with Crippen LogP contribution in [0.4, 0.5) is 0 Å². The number of carbonyl (C=O) groups is 2. The molecule has 5 rings (SSSR count). The number of thiophene rings is 1. The number of carbonyl (C=O) groups excluding carboxylic acids is 2. The topological polar surface area (TPSA) is 51.5 Å². The highest BCUT2D eigenvalue weighted by atomic mass is 32.1. The molecule has 32 heavy (non-hydrogen) atoms. The van der Waals surface area contributed by atoms with Gasteiger partial charge in [0.2, 0.25) is 0 Å². The minimum atomic E-state index is -1.19. The summed E-state index contributed by atoms with van der Waals surface area (Å²) in [4.78, 5) is 27.6. The van der Waals surface area contributed by atoms with Gasteiger partial charge < -0.3 is 9.30 Å². The third-order valence-corrected chi connectivity index (χ3v) is 8.53. The van der Waals surface area contributed by atoms with Crippen molar-refractivity contribution in [2.75, 3.05) is 13.7 Å². The number of benzene rings is 2. The highest BCUT2D eigenvalue weighted by Crippen LogP contribution is 2.42. The summed E-state index contributed by atoms with van der Waals surface area (Å²) in [7, 11) is 0.371. The summed E-state index contributed by atoms with van der Waals surface area (Å²) in [6.07, 6.45) is 0. The van der Waals surface area contributed by atoms with Crippen LogP contribution in [0.5, 0.6) is 0 Å². The average molecular weight is 463 g/mol. The van der Waals surface area contributed by atoms with Crippen molar-refractivity contribution in [2.24, 2.45) is 0 Å². The zero-order valence-electron chi connectivity index (χ0n) is 18.8.